The molecule has 2 heterocycles. The Morgan fingerprint density at radius 3 is 2.57 bits per heavy atom. The smallest absolute Gasteiger partial charge is 0.252 e. The molecule has 0 spiro atoms. The lowest BCUT2D eigenvalue weighted by Gasteiger charge is -2.29. The number of amides is 2. The summed E-state index contributed by atoms with van der Waals surface area (Å²) in [7, 11) is 0. The van der Waals surface area contributed by atoms with Gasteiger partial charge in [0.25, 0.3) is 5.91 Å². The summed E-state index contributed by atoms with van der Waals surface area (Å²) in [6.07, 6.45) is 3.23. The van der Waals surface area contributed by atoms with Crippen LogP contribution in [0.1, 0.15) is 42.2 Å². The molecule has 1 unspecified atom stereocenters. The van der Waals surface area contributed by atoms with Crippen molar-refractivity contribution >= 4 is 23.4 Å². The maximum atomic E-state index is 12.3. The quantitative estimate of drug-likeness (QED) is 0.870. The second-order valence-corrected chi connectivity index (χ2v) is 5.79. The van der Waals surface area contributed by atoms with Crippen molar-refractivity contribution < 1.29 is 9.59 Å². The first-order valence-corrected chi connectivity index (χ1v) is 7.59. The van der Waals surface area contributed by atoms with Crippen LogP contribution in [0, 0.1) is 6.92 Å². The summed E-state index contributed by atoms with van der Waals surface area (Å²) in [5.74, 6) is -0.333. The third-order valence-electron chi connectivity index (χ3n) is 3.57. The maximum Gasteiger partial charge on any atom is 0.252 e. The number of piperidine rings is 1. The SMILES string of the molecule is Cc1cc(C(=O)NC(C)C(=O)N2CCCCC2)cc(Cl)n1. The van der Waals surface area contributed by atoms with Crippen molar-refractivity contribution in [2.75, 3.05) is 13.1 Å². The van der Waals surface area contributed by atoms with Crippen LogP contribution in [0.3, 0.4) is 0 Å². The number of nitrogens with one attached hydrogen (secondary N) is 1. The van der Waals surface area contributed by atoms with Gasteiger partial charge in [0.15, 0.2) is 0 Å². The number of likely N-dealkylation sites (tertiary alicyclic amines) is 1. The number of hydrogen-bond donors (Lipinski definition) is 1. The van der Waals surface area contributed by atoms with E-state index in [0.717, 1.165) is 25.9 Å². The molecule has 1 fully saturated rings. The average molecular weight is 310 g/mol. The number of aromatic nitrogens is 1. The Balaban J connectivity index is 1.99. The van der Waals surface area contributed by atoms with E-state index in [2.05, 4.69) is 10.3 Å². The first-order chi connectivity index (χ1) is 9.97. The van der Waals surface area contributed by atoms with E-state index in [1.165, 1.54) is 12.5 Å². The highest BCUT2D eigenvalue weighted by molar-refractivity contribution is 6.29. The lowest BCUT2D eigenvalue weighted by molar-refractivity contribution is -0.133. The van der Waals surface area contributed by atoms with Gasteiger partial charge in [0.1, 0.15) is 11.2 Å². The van der Waals surface area contributed by atoms with Gasteiger partial charge in [-0.05, 0) is 45.2 Å². The number of carbonyl (C=O) groups is 2. The topological polar surface area (TPSA) is 62.3 Å². The average Bonchev–Trinajstić information content (AvgIpc) is 2.46. The summed E-state index contributed by atoms with van der Waals surface area (Å²) in [6, 6.07) is 2.62. The normalized spacial score (nSPS) is 16.4. The highest BCUT2D eigenvalue weighted by Crippen LogP contribution is 2.12. The van der Waals surface area contributed by atoms with Gasteiger partial charge in [-0.3, -0.25) is 9.59 Å². The molecule has 1 saturated heterocycles. The third-order valence-corrected chi connectivity index (χ3v) is 3.76. The molecule has 2 rings (SSSR count). The third kappa shape index (κ3) is 4.17. The highest BCUT2D eigenvalue weighted by Gasteiger charge is 2.23. The Bertz CT molecular complexity index is 521. The van der Waals surface area contributed by atoms with Gasteiger partial charge in [-0.2, -0.15) is 0 Å². The molecular weight excluding hydrogens is 290 g/mol. The number of hydrogen-bond acceptors (Lipinski definition) is 3. The van der Waals surface area contributed by atoms with Crippen molar-refractivity contribution in [3.63, 3.8) is 0 Å². The predicted octanol–water partition coefficient (Wildman–Crippen LogP) is 2.17. The molecule has 0 aliphatic carbocycles. The molecule has 1 aromatic heterocycles. The molecule has 0 bridgehead atoms. The van der Waals surface area contributed by atoms with Crippen LogP contribution in [0.15, 0.2) is 12.1 Å². The van der Waals surface area contributed by atoms with Gasteiger partial charge in [-0.15, -0.1) is 0 Å². The number of carbonyl (C=O) groups excluding carboxylic acids is 2. The number of halogens is 1. The van der Waals surface area contributed by atoms with Crippen LogP contribution in [0.5, 0.6) is 0 Å². The Morgan fingerprint density at radius 2 is 1.95 bits per heavy atom. The van der Waals surface area contributed by atoms with Gasteiger partial charge in [0, 0.05) is 24.3 Å². The van der Waals surface area contributed by atoms with Crippen LogP contribution in [0.4, 0.5) is 0 Å². The summed E-state index contributed by atoms with van der Waals surface area (Å²) < 4.78 is 0. The molecule has 0 saturated carbocycles. The number of rotatable bonds is 3. The number of nitrogens with zero attached hydrogens (tertiary/aromatic N) is 2. The Hall–Kier alpha value is -1.62. The molecule has 0 radical (unpaired) electrons. The highest BCUT2D eigenvalue weighted by atomic mass is 35.5. The van der Waals surface area contributed by atoms with Gasteiger partial charge in [0.05, 0.1) is 0 Å². The van der Waals surface area contributed by atoms with E-state index in [1.807, 2.05) is 4.90 Å². The minimum atomic E-state index is -0.539. The molecule has 1 N–H and O–H groups in total. The van der Waals surface area contributed by atoms with Crippen molar-refractivity contribution in [2.24, 2.45) is 0 Å². The molecule has 21 heavy (non-hydrogen) atoms. The van der Waals surface area contributed by atoms with Gasteiger partial charge in [0.2, 0.25) is 5.91 Å². The van der Waals surface area contributed by atoms with Gasteiger partial charge in [-0.25, -0.2) is 4.98 Å². The largest absolute Gasteiger partial charge is 0.341 e. The minimum Gasteiger partial charge on any atom is -0.341 e. The van der Waals surface area contributed by atoms with Crippen molar-refractivity contribution in [1.82, 2.24) is 15.2 Å². The second-order valence-electron chi connectivity index (χ2n) is 5.40. The van der Waals surface area contributed by atoms with Gasteiger partial charge in [-0.1, -0.05) is 11.6 Å². The van der Waals surface area contributed by atoms with Crippen LogP contribution in [0.25, 0.3) is 0 Å². The van der Waals surface area contributed by atoms with Crippen molar-refractivity contribution in [2.45, 2.75) is 39.2 Å². The molecule has 1 aliphatic heterocycles. The standard InChI is InChI=1S/C15H20ClN3O2/c1-10-8-12(9-13(16)17-10)14(20)18-11(2)15(21)19-6-4-3-5-7-19/h8-9,11H,3-7H2,1-2H3,(H,18,20). The summed E-state index contributed by atoms with van der Waals surface area (Å²) in [5, 5.41) is 3.00. The molecule has 0 aromatic carbocycles. The fraction of sp³-hybridized carbons (Fsp3) is 0.533. The van der Waals surface area contributed by atoms with Gasteiger partial charge >= 0.3 is 0 Å². The number of aryl methyl sites for hydroxylation is 1. The van der Waals surface area contributed by atoms with Crippen molar-refractivity contribution in [1.29, 1.82) is 0 Å². The van der Waals surface area contributed by atoms with Crippen LogP contribution >= 0.6 is 11.6 Å². The summed E-state index contributed by atoms with van der Waals surface area (Å²) in [5.41, 5.74) is 1.09. The van der Waals surface area contributed by atoms with Crippen LogP contribution in [-0.4, -0.2) is 40.8 Å². The van der Waals surface area contributed by atoms with E-state index in [0.29, 0.717) is 11.3 Å². The van der Waals surface area contributed by atoms with Crippen molar-refractivity contribution in [3.8, 4) is 0 Å². The molecule has 6 heteroatoms. The maximum absolute atomic E-state index is 12.3. The molecule has 2 amide bonds. The van der Waals surface area contributed by atoms with E-state index in [1.54, 1.807) is 19.9 Å². The minimum absolute atomic E-state index is 0.0278. The van der Waals surface area contributed by atoms with Crippen LogP contribution < -0.4 is 5.32 Å². The molecular formula is C15H20ClN3O2. The second kappa shape index (κ2) is 6.89. The molecule has 114 valence electrons. The summed E-state index contributed by atoms with van der Waals surface area (Å²) >= 11 is 5.85. The Kier molecular flexibility index (Phi) is 5.17. The first-order valence-electron chi connectivity index (χ1n) is 7.21. The summed E-state index contributed by atoms with van der Waals surface area (Å²) in [6.45, 7) is 5.04. The van der Waals surface area contributed by atoms with E-state index in [4.69, 9.17) is 11.6 Å². The van der Waals surface area contributed by atoms with Crippen LogP contribution in [-0.2, 0) is 4.79 Å². The molecule has 1 aliphatic rings. The first kappa shape index (κ1) is 15.8. The van der Waals surface area contributed by atoms with E-state index < -0.39 is 6.04 Å². The molecule has 1 aromatic rings. The zero-order valence-electron chi connectivity index (χ0n) is 12.4. The van der Waals surface area contributed by atoms with E-state index >= 15 is 0 Å². The lowest BCUT2D eigenvalue weighted by Crippen LogP contribution is -2.48. The number of pyridine rings is 1. The fourth-order valence-corrected chi connectivity index (χ4v) is 2.74. The van der Waals surface area contributed by atoms with E-state index in [-0.39, 0.29) is 17.0 Å². The predicted molar refractivity (Wildman–Crippen MR) is 81.3 cm³/mol. The van der Waals surface area contributed by atoms with Crippen LogP contribution in [0.2, 0.25) is 5.15 Å². The Labute approximate surface area is 129 Å². The Morgan fingerprint density at radius 1 is 1.29 bits per heavy atom. The van der Waals surface area contributed by atoms with E-state index in [9.17, 15) is 9.59 Å². The molecule has 1 atom stereocenters. The van der Waals surface area contributed by atoms with Gasteiger partial charge < -0.3 is 10.2 Å². The zero-order chi connectivity index (χ0) is 15.4. The summed E-state index contributed by atoms with van der Waals surface area (Å²) in [4.78, 5) is 30.3. The lowest BCUT2D eigenvalue weighted by atomic mass is 10.1. The zero-order valence-corrected chi connectivity index (χ0v) is 13.1. The fourth-order valence-electron chi connectivity index (χ4n) is 2.49. The monoisotopic (exact) mass is 309 g/mol. The molecule has 5 nitrogen and oxygen atoms in total. The van der Waals surface area contributed by atoms with Crippen molar-refractivity contribution in [3.05, 3.63) is 28.5 Å².